The monoisotopic (exact) mass is 434 g/mol. The van der Waals surface area contributed by atoms with Gasteiger partial charge in [-0.05, 0) is 39.7 Å². The van der Waals surface area contributed by atoms with E-state index in [1.807, 2.05) is 31.7 Å². The number of furan rings is 1. The lowest BCUT2D eigenvalue weighted by molar-refractivity contribution is -0.128. The average Bonchev–Trinajstić information content (AvgIpc) is 3.11. The van der Waals surface area contributed by atoms with Crippen LogP contribution in [0, 0.1) is 13.8 Å². The van der Waals surface area contributed by atoms with Crippen LogP contribution in [-0.4, -0.2) is 42.9 Å². The Bertz CT molecular complexity index is 536. The second kappa shape index (κ2) is 9.79. The van der Waals surface area contributed by atoms with Gasteiger partial charge in [0.25, 0.3) is 0 Å². The molecule has 0 unspecified atom stereocenters. The maximum atomic E-state index is 12.1. The molecule has 0 radical (unpaired) electrons. The SMILES string of the molecule is CCNC(=NCc1cc(C)oc1C)NCC(=O)N1CCCC1.I. The van der Waals surface area contributed by atoms with Crippen LogP contribution in [0.5, 0.6) is 0 Å². The number of carbonyl (C=O) groups excluding carboxylic acids is 1. The average molecular weight is 434 g/mol. The summed E-state index contributed by atoms with van der Waals surface area (Å²) in [6.45, 7) is 9.21. The predicted molar refractivity (Wildman–Crippen MR) is 102 cm³/mol. The van der Waals surface area contributed by atoms with Crippen LogP contribution in [0.3, 0.4) is 0 Å². The van der Waals surface area contributed by atoms with Crippen LogP contribution in [0.1, 0.15) is 36.8 Å². The second-order valence-corrected chi connectivity index (χ2v) is 5.58. The van der Waals surface area contributed by atoms with Gasteiger partial charge < -0.3 is 20.0 Å². The first-order valence-electron chi connectivity index (χ1n) is 7.96. The molecule has 7 heteroatoms. The van der Waals surface area contributed by atoms with E-state index in [9.17, 15) is 4.79 Å². The number of carbonyl (C=O) groups is 1. The zero-order chi connectivity index (χ0) is 15.9. The molecule has 23 heavy (non-hydrogen) atoms. The van der Waals surface area contributed by atoms with Gasteiger partial charge in [-0.15, -0.1) is 24.0 Å². The second-order valence-electron chi connectivity index (χ2n) is 5.58. The predicted octanol–water partition coefficient (Wildman–Crippen LogP) is 2.19. The fourth-order valence-corrected chi connectivity index (χ4v) is 2.58. The number of hydrogen-bond acceptors (Lipinski definition) is 3. The standard InChI is InChI=1S/C16H26N4O2.HI/c1-4-17-16(18-10-14-9-12(2)22-13(14)3)19-11-15(21)20-7-5-6-8-20;/h9H,4-8,10-11H2,1-3H3,(H2,17,18,19);1H. The van der Waals surface area contributed by atoms with Crippen molar-refractivity contribution in [2.75, 3.05) is 26.2 Å². The van der Waals surface area contributed by atoms with Gasteiger partial charge in [-0.3, -0.25) is 4.79 Å². The van der Waals surface area contributed by atoms with Crippen molar-refractivity contribution >= 4 is 35.8 Å². The summed E-state index contributed by atoms with van der Waals surface area (Å²) in [4.78, 5) is 18.5. The molecule has 2 rings (SSSR count). The van der Waals surface area contributed by atoms with E-state index >= 15 is 0 Å². The number of amides is 1. The molecule has 1 fully saturated rings. The lowest BCUT2D eigenvalue weighted by Gasteiger charge is -2.17. The number of halogens is 1. The summed E-state index contributed by atoms with van der Waals surface area (Å²) < 4.78 is 5.50. The van der Waals surface area contributed by atoms with Crippen LogP contribution in [-0.2, 0) is 11.3 Å². The number of nitrogens with one attached hydrogen (secondary N) is 2. The van der Waals surface area contributed by atoms with Crippen LogP contribution < -0.4 is 10.6 Å². The number of aliphatic imine (C=N–C) groups is 1. The highest BCUT2D eigenvalue weighted by atomic mass is 127. The van der Waals surface area contributed by atoms with E-state index in [0.717, 1.165) is 49.6 Å². The van der Waals surface area contributed by atoms with Crippen molar-refractivity contribution in [3.8, 4) is 0 Å². The smallest absolute Gasteiger partial charge is 0.241 e. The lowest BCUT2D eigenvalue weighted by Crippen LogP contribution is -2.44. The number of rotatable bonds is 5. The van der Waals surface area contributed by atoms with Crippen molar-refractivity contribution in [3.05, 3.63) is 23.2 Å². The summed E-state index contributed by atoms with van der Waals surface area (Å²) in [6, 6.07) is 2.00. The van der Waals surface area contributed by atoms with Gasteiger partial charge in [-0.1, -0.05) is 0 Å². The Morgan fingerprint density at radius 3 is 2.57 bits per heavy atom. The number of likely N-dealkylation sites (tertiary alicyclic amines) is 1. The number of aryl methyl sites for hydroxylation is 2. The topological polar surface area (TPSA) is 69.9 Å². The molecule has 2 heterocycles. The molecule has 0 atom stereocenters. The molecule has 1 aliphatic heterocycles. The molecule has 0 aromatic carbocycles. The maximum Gasteiger partial charge on any atom is 0.241 e. The molecule has 0 spiro atoms. The van der Waals surface area contributed by atoms with E-state index in [1.54, 1.807) is 0 Å². The summed E-state index contributed by atoms with van der Waals surface area (Å²) in [6.07, 6.45) is 2.22. The van der Waals surface area contributed by atoms with E-state index in [1.165, 1.54) is 0 Å². The molecule has 1 amide bonds. The molecule has 1 aromatic rings. The molecular formula is C16H27IN4O2. The Balaban J connectivity index is 0.00000264. The van der Waals surface area contributed by atoms with Crippen LogP contribution in [0.4, 0.5) is 0 Å². The Hall–Kier alpha value is -1.25. The molecule has 0 bridgehead atoms. The van der Waals surface area contributed by atoms with Gasteiger partial charge in [0.15, 0.2) is 5.96 Å². The minimum absolute atomic E-state index is 0. The minimum atomic E-state index is 0. The number of guanidine groups is 1. The van der Waals surface area contributed by atoms with Crippen molar-refractivity contribution in [1.29, 1.82) is 0 Å². The first-order chi connectivity index (χ1) is 10.6. The van der Waals surface area contributed by atoms with Crippen molar-refractivity contribution in [2.45, 2.75) is 40.2 Å². The van der Waals surface area contributed by atoms with Gasteiger partial charge in [0.1, 0.15) is 11.5 Å². The van der Waals surface area contributed by atoms with Crippen molar-refractivity contribution in [3.63, 3.8) is 0 Å². The summed E-state index contributed by atoms with van der Waals surface area (Å²) in [5, 5.41) is 6.27. The van der Waals surface area contributed by atoms with E-state index in [2.05, 4.69) is 15.6 Å². The highest BCUT2D eigenvalue weighted by Crippen LogP contribution is 2.14. The summed E-state index contributed by atoms with van der Waals surface area (Å²) in [7, 11) is 0. The normalized spacial score (nSPS) is 14.6. The van der Waals surface area contributed by atoms with E-state index in [4.69, 9.17) is 4.42 Å². The lowest BCUT2D eigenvalue weighted by atomic mass is 10.2. The van der Waals surface area contributed by atoms with Gasteiger partial charge in [0.05, 0.1) is 13.1 Å². The first-order valence-corrected chi connectivity index (χ1v) is 7.96. The molecule has 1 aliphatic rings. The molecule has 0 aliphatic carbocycles. The molecule has 1 saturated heterocycles. The fraction of sp³-hybridized carbons (Fsp3) is 0.625. The Morgan fingerprint density at radius 1 is 1.30 bits per heavy atom. The fourth-order valence-electron chi connectivity index (χ4n) is 2.58. The number of hydrogen-bond donors (Lipinski definition) is 2. The zero-order valence-corrected chi connectivity index (χ0v) is 16.5. The Labute approximate surface area is 155 Å². The third kappa shape index (κ3) is 6.04. The van der Waals surface area contributed by atoms with E-state index < -0.39 is 0 Å². The highest BCUT2D eigenvalue weighted by Gasteiger charge is 2.17. The first kappa shape index (κ1) is 19.8. The largest absolute Gasteiger partial charge is 0.466 e. The molecule has 6 nitrogen and oxygen atoms in total. The van der Waals surface area contributed by atoms with E-state index in [-0.39, 0.29) is 36.4 Å². The van der Waals surface area contributed by atoms with E-state index in [0.29, 0.717) is 12.5 Å². The summed E-state index contributed by atoms with van der Waals surface area (Å²) in [5.41, 5.74) is 1.07. The third-order valence-corrected chi connectivity index (χ3v) is 3.76. The van der Waals surface area contributed by atoms with Crippen molar-refractivity contribution < 1.29 is 9.21 Å². The Morgan fingerprint density at radius 2 is 2.00 bits per heavy atom. The van der Waals surface area contributed by atoms with Gasteiger partial charge in [-0.25, -0.2) is 4.99 Å². The van der Waals surface area contributed by atoms with Crippen LogP contribution in [0.2, 0.25) is 0 Å². The molecular weight excluding hydrogens is 407 g/mol. The summed E-state index contributed by atoms with van der Waals surface area (Å²) in [5.74, 6) is 2.59. The van der Waals surface area contributed by atoms with Gasteiger partial charge >= 0.3 is 0 Å². The third-order valence-electron chi connectivity index (χ3n) is 3.76. The van der Waals surface area contributed by atoms with Crippen LogP contribution in [0.25, 0.3) is 0 Å². The maximum absolute atomic E-state index is 12.1. The summed E-state index contributed by atoms with van der Waals surface area (Å²) >= 11 is 0. The Kier molecular flexibility index (Phi) is 8.43. The van der Waals surface area contributed by atoms with Crippen molar-refractivity contribution in [2.24, 2.45) is 4.99 Å². The van der Waals surface area contributed by atoms with Crippen LogP contribution >= 0.6 is 24.0 Å². The molecule has 130 valence electrons. The molecule has 1 aromatic heterocycles. The van der Waals surface area contributed by atoms with Crippen molar-refractivity contribution in [1.82, 2.24) is 15.5 Å². The van der Waals surface area contributed by atoms with Gasteiger partial charge in [-0.2, -0.15) is 0 Å². The minimum Gasteiger partial charge on any atom is -0.466 e. The number of nitrogens with zero attached hydrogens (tertiary/aromatic N) is 2. The van der Waals surface area contributed by atoms with Crippen LogP contribution in [0.15, 0.2) is 15.5 Å². The zero-order valence-electron chi connectivity index (χ0n) is 14.1. The van der Waals surface area contributed by atoms with Gasteiger partial charge in [0, 0.05) is 25.2 Å². The highest BCUT2D eigenvalue weighted by molar-refractivity contribution is 14.0. The molecule has 2 N–H and O–H groups in total. The molecule has 0 saturated carbocycles. The quantitative estimate of drug-likeness (QED) is 0.424. The van der Waals surface area contributed by atoms with Gasteiger partial charge in [0.2, 0.25) is 5.91 Å².